The molecule has 9 nitrogen and oxygen atoms in total. The van der Waals surface area contributed by atoms with Crippen LogP contribution in [0, 0.1) is 0 Å². The van der Waals surface area contributed by atoms with Crippen molar-refractivity contribution in [2.45, 2.75) is 301 Å². The fraction of sp³-hybridized carbons (Fsp3) is 0.790. The van der Waals surface area contributed by atoms with E-state index in [1.807, 2.05) is 0 Å². The number of aliphatic hydroxyl groups excluding tert-OH is 5. The molecule has 7 atom stereocenters. The maximum absolute atomic E-state index is 13.1. The lowest BCUT2D eigenvalue weighted by Crippen LogP contribution is -2.60. The lowest BCUT2D eigenvalue weighted by atomic mass is 9.99. The molecular weight excluding hydrogens is 887 g/mol. The molecule has 0 bridgehead atoms. The van der Waals surface area contributed by atoms with E-state index in [1.165, 1.54) is 154 Å². The van der Waals surface area contributed by atoms with Crippen molar-refractivity contribution in [2.75, 3.05) is 13.2 Å². The molecule has 7 unspecified atom stereocenters. The van der Waals surface area contributed by atoms with Gasteiger partial charge in [-0.25, -0.2) is 0 Å². The van der Waals surface area contributed by atoms with Gasteiger partial charge in [-0.3, -0.25) is 4.79 Å². The van der Waals surface area contributed by atoms with Gasteiger partial charge in [0.1, 0.15) is 24.4 Å². The predicted octanol–water partition coefficient (Wildman–Crippen LogP) is 14.8. The number of unbranched alkanes of at least 4 members (excludes halogenated alkanes) is 28. The first kappa shape index (κ1) is 66.6. The molecule has 1 saturated heterocycles. The molecule has 0 aromatic rings. The van der Waals surface area contributed by atoms with Crippen molar-refractivity contribution in [2.24, 2.45) is 0 Å². The van der Waals surface area contributed by atoms with E-state index in [4.69, 9.17) is 9.47 Å². The molecule has 0 radical (unpaired) electrons. The molecule has 1 aliphatic heterocycles. The zero-order chi connectivity index (χ0) is 51.5. The van der Waals surface area contributed by atoms with Gasteiger partial charge >= 0.3 is 0 Å². The number of hydrogen-bond donors (Lipinski definition) is 6. The van der Waals surface area contributed by atoms with Crippen molar-refractivity contribution in [3.05, 3.63) is 72.9 Å². The van der Waals surface area contributed by atoms with E-state index in [0.29, 0.717) is 12.8 Å². The first-order valence-electron chi connectivity index (χ1n) is 29.6. The first-order chi connectivity index (χ1) is 34.8. The molecule has 1 heterocycles. The fourth-order valence-corrected chi connectivity index (χ4v) is 9.17. The number of rotatable bonds is 50. The Balaban J connectivity index is 2.10. The second-order valence-corrected chi connectivity index (χ2v) is 20.4. The van der Waals surface area contributed by atoms with Gasteiger partial charge in [0.25, 0.3) is 0 Å². The summed E-state index contributed by atoms with van der Waals surface area (Å²) in [7, 11) is 0. The van der Waals surface area contributed by atoms with Crippen molar-refractivity contribution in [1.29, 1.82) is 0 Å². The molecular formula is C62H111NO8. The van der Waals surface area contributed by atoms with Gasteiger partial charge in [-0.05, 0) is 64.2 Å². The normalized spacial score (nSPS) is 19.8. The number of carbonyl (C=O) groups excluding carboxylic acids is 1. The molecule has 9 heteroatoms. The standard InChI is InChI=1S/C62H111NO8/c1-3-5-7-9-11-13-15-17-18-19-20-21-22-23-24-25-26-27-28-29-30-31-32-33-34-35-36-37-38-40-42-44-46-48-50-52-58(66)63-55(54-70-62-61(69)60(68)59(67)57(53-64)71-62)56(65)51-49-47-45-43-41-39-16-14-12-10-8-6-4-2/h5,7,11,13,17-18,20-21,23-24,26-27,55-57,59-62,64-65,67-69H,3-4,6,8-10,12,14-16,19,22,25,28-54H2,1-2H3,(H,63,66)/b7-5-,13-11-,18-17-,21-20-,24-23-,27-26-. The lowest BCUT2D eigenvalue weighted by molar-refractivity contribution is -0.302. The molecule has 0 aromatic carbocycles. The van der Waals surface area contributed by atoms with Crippen molar-refractivity contribution in [3.63, 3.8) is 0 Å². The quantitative estimate of drug-likeness (QED) is 0.0261. The number of aliphatic hydroxyl groups is 5. The number of carbonyl (C=O) groups is 1. The van der Waals surface area contributed by atoms with Gasteiger partial charge in [0, 0.05) is 6.42 Å². The van der Waals surface area contributed by atoms with E-state index < -0.39 is 49.5 Å². The van der Waals surface area contributed by atoms with Crippen LogP contribution < -0.4 is 5.32 Å². The Morgan fingerprint density at radius 2 is 0.873 bits per heavy atom. The van der Waals surface area contributed by atoms with Crippen LogP contribution in [0.2, 0.25) is 0 Å². The molecule has 6 N–H and O–H groups in total. The Hall–Kier alpha value is -2.37. The third-order valence-electron chi connectivity index (χ3n) is 13.8. The number of hydrogen-bond acceptors (Lipinski definition) is 8. The summed E-state index contributed by atoms with van der Waals surface area (Å²) >= 11 is 0. The Morgan fingerprint density at radius 1 is 0.493 bits per heavy atom. The highest BCUT2D eigenvalue weighted by molar-refractivity contribution is 5.76. The smallest absolute Gasteiger partial charge is 0.220 e. The van der Waals surface area contributed by atoms with Gasteiger partial charge in [-0.1, -0.05) is 260 Å². The number of amides is 1. The van der Waals surface area contributed by atoms with Crippen LogP contribution in [-0.4, -0.2) is 87.5 Å². The third-order valence-corrected chi connectivity index (χ3v) is 13.8. The van der Waals surface area contributed by atoms with Crippen LogP contribution in [-0.2, 0) is 14.3 Å². The van der Waals surface area contributed by atoms with E-state index in [9.17, 15) is 30.3 Å². The first-order valence-corrected chi connectivity index (χ1v) is 29.6. The Kier molecular flexibility index (Phi) is 48.0. The molecule has 71 heavy (non-hydrogen) atoms. The molecule has 0 saturated carbocycles. The van der Waals surface area contributed by atoms with Crippen LogP contribution in [0.5, 0.6) is 0 Å². The molecule has 0 aromatic heterocycles. The highest BCUT2D eigenvalue weighted by Crippen LogP contribution is 2.23. The summed E-state index contributed by atoms with van der Waals surface area (Å²) in [5.41, 5.74) is 0. The molecule has 1 aliphatic rings. The van der Waals surface area contributed by atoms with Crippen LogP contribution in [0.25, 0.3) is 0 Å². The molecule has 0 spiro atoms. The Morgan fingerprint density at radius 3 is 1.30 bits per heavy atom. The summed E-state index contributed by atoms with van der Waals surface area (Å²) < 4.78 is 11.3. The van der Waals surface area contributed by atoms with Gasteiger partial charge in [0.05, 0.1) is 25.4 Å². The maximum Gasteiger partial charge on any atom is 0.220 e. The average molecular weight is 999 g/mol. The second-order valence-electron chi connectivity index (χ2n) is 20.4. The summed E-state index contributed by atoms with van der Waals surface area (Å²) in [6, 6.07) is -0.720. The SMILES string of the molecule is CC/C=C\C/C=C\C/C=C\C/C=C\C/C=C\C/C=C\CCCCCCCCCCCCCCCCCCC(=O)NC(COC1OC(CO)C(O)C(O)C1O)C(O)CCCCCCCCCCCCCCC. The molecule has 412 valence electrons. The van der Waals surface area contributed by atoms with Crippen LogP contribution in [0.1, 0.15) is 258 Å². The van der Waals surface area contributed by atoms with Crippen LogP contribution in [0.3, 0.4) is 0 Å². The minimum Gasteiger partial charge on any atom is -0.394 e. The predicted molar refractivity (Wildman–Crippen MR) is 299 cm³/mol. The minimum atomic E-state index is -1.55. The molecule has 1 fully saturated rings. The third kappa shape index (κ3) is 40.7. The van der Waals surface area contributed by atoms with Crippen molar-refractivity contribution in [1.82, 2.24) is 5.32 Å². The van der Waals surface area contributed by atoms with Gasteiger partial charge in [0.2, 0.25) is 5.91 Å². The minimum absolute atomic E-state index is 0.138. The Bertz CT molecular complexity index is 1340. The summed E-state index contributed by atoms with van der Waals surface area (Å²) in [5, 5.41) is 54.6. The monoisotopic (exact) mass is 998 g/mol. The summed E-state index contributed by atoms with van der Waals surface area (Å²) in [6.07, 6.45) is 63.7. The van der Waals surface area contributed by atoms with E-state index >= 15 is 0 Å². The lowest BCUT2D eigenvalue weighted by Gasteiger charge is -2.40. The van der Waals surface area contributed by atoms with Crippen LogP contribution in [0.4, 0.5) is 0 Å². The second kappa shape index (κ2) is 51.1. The highest BCUT2D eigenvalue weighted by Gasteiger charge is 2.44. The van der Waals surface area contributed by atoms with Crippen molar-refractivity contribution >= 4 is 5.91 Å². The van der Waals surface area contributed by atoms with Crippen molar-refractivity contribution < 1.29 is 39.8 Å². The molecule has 1 amide bonds. The zero-order valence-electron chi connectivity index (χ0n) is 45.7. The largest absolute Gasteiger partial charge is 0.394 e. The van der Waals surface area contributed by atoms with Gasteiger partial charge in [0.15, 0.2) is 6.29 Å². The van der Waals surface area contributed by atoms with Gasteiger partial charge in [-0.2, -0.15) is 0 Å². The zero-order valence-corrected chi connectivity index (χ0v) is 45.7. The summed E-state index contributed by atoms with van der Waals surface area (Å²) in [4.78, 5) is 13.1. The fourth-order valence-electron chi connectivity index (χ4n) is 9.17. The summed E-state index contributed by atoms with van der Waals surface area (Å²) in [5.74, 6) is -0.145. The van der Waals surface area contributed by atoms with E-state index in [1.54, 1.807) is 0 Å². The molecule has 1 rings (SSSR count). The maximum atomic E-state index is 13.1. The van der Waals surface area contributed by atoms with E-state index in [-0.39, 0.29) is 12.5 Å². The van der Waals surface area contributed by atoms with E-state index in [2.05, 4.69) is 92.1 Å². The van der Waals surface area contributed by atoms with Crippen LogP contribution in [0.15, 0.2) is 72.9 Å². The number of allylic oxidation sites excluding steroid dienone is 12. The summed E-state index contributed by atoms with van der Waals surface area (Å²) in [6.45, 7) is 3.73. The number of nitrogens with one attached hydrogen (secondary N) is 1. The van der Waals surface area contributed by atoms with E-state index in [0.717, 1.165) is 77.0 Å². The average Bonchev–Trinajstić information content (AvgIpc) is 3.37. The van der Waals surface area contributed by atoms with Gasteiger partial charge in [-0.15, -0.1) is 0 Å². The topological polar surface area (TPSA) is 149 Å². The highest BCUT2D eigenvalue weighted by atomic mass is 16.7. The Labute approximate surface area is 436 Å². The van der Waals surface area contributed by atoms with Crippen LogP contribution >= 0.6 is 0 Å². The van der Waals surface area contributed by atoms with Crippen molar-refractivity contribution in [3.8, 4) is 0 Å². The van der Waals surface area contributed by atoms with Gasteiger partial charge < -0.3 is 40.3 Å². The molecule has 0 aliphatic carbocycles. The number of ether oxygens (including phenoxy) is 2.